The molecule has 1 aromatic rings. The molecule has 1 saturated carbocycles. The molecule has 2 heterocycles. The molecule has 172 valence electrons. The van der Waals surface area contributed by atoms with Crippen molar-refractivity contribution < 1.29 is 17.9 Å². The molecule has 6 nitrogen and oxygen atoms in total. The first-order valence-corrected chi connectivity index (χ1v) is 13.6. The molecule has 4 rings (SSSR count). The van der Waals surface area contributed by atoms with Crippen molar-refractivity contribution in [2.24, 2.45) is 5.92 Å². The van der Waals surface area contributed by atoms with Gasteiger partial charge in [0.25, 0.3) is 0 Å². The number of sulfone groups is 1. The molecule has 1 atom stereocenters. The Labute approximate surface area is 186 Å². The number of hydrogen-bond acceptors (Lipinski definition) is 5. The van der Waals surface area contributed by atoms with E-state index in [9.17, 15) is 13.2 Å². The number of benzene rings is 1. The Kier molecular flexibility index (Phi) is 6.92. The van der Waals surface area contributed by atoms with Gasteiger partial charge in [-0.1, -0.05) is 25.0 Å². The predicted octanol–water partition coefficient (Wildman–Crippen LogP) is 2.91. The van der Waals surface area contributed by atoms with Crippen LogP contribution in [0.4, 0.5) is 0 Å². The van der Waals surface area contributed by atoms with Gasteiger partial charge in [-0.05, 0) is 55.7 Å². The average molecular weight is 449 g/mol. The molecule has 2 saturated heterocycles. The molecule has 7 heteroatoms. The SMILES string of the molecule is COc1ccc(C2(CN3CCC(NC(=O)C[C@@H]4CCS(=O)(=O)C4)CC3)CCCC2)cc1. The first-order chi connectivity index (χ1) is 14.9. The van der Waals surface area contributed by atoms with Gasteiger partial charge in [0.05, 0.1) is 18.6 Å². The maximum Gasteiger partial charge on any atom is 0.220 e. The Bertz CT molecular complexity index is 854. The van der Waals surface area contributed by atoms with E-state index in [0.717, 1.165) is 38.2 Å². The Hall–Kier alpha value is -1.60. The number of rotatable bonds is 7. The first-order valence-electron chi connectivity index (χ1n) is 11.7. The Morgan fingerprint density at radius 2 is 1.81 bits per heavy atom. The van der Waals surface area contributed by atoms with Gasteiger partial charge in [-0.3, -0.25) is 4.79 Å². The van der Waals surface area contributed by atoms with Crippen LogP contribution in [-0.2, 0) is 20.0 Å². The molecule has 1 amide bonds. The number of piperidine rings is 1. The zero-order chi connectivity index (χ0) is 21.9. The van der Waals surface area contributed by atoms with Gasteiger partial charge < -0.3 is 15.0 Å². The highest BCUT2D eigenvalue weighted by Crippen LogP contribution is 2.42. The predicted molar refractivity (Wildman–Crippen MR) is 122 cm³/mol. The Balaban J connectivity index is 1.27. The fraction of sp³-hybridized carbons (Fsp3) is 0.708. The van der Waals surface area contributed by atoms with Gasteiger partial charge in [-0.15, -0.1) is 0 Å². The molecule has 0 aromatic heterocycles. The molecule has 3 aliphatic rings. The van der Waals surface area contributed by atoms with Gasteiger partial charge in [0, 0.05) is 37.5 Å². The lowest BCUT2D eigenvalue weighted by Crippen LogP contribution is -2.48. The van der Waals surface area contributed by atoms with E-state index in [4.69, 9.17) is 4.74 Å². The largest absolute Gasteiger partial charge is 0.497 e. The summed E-state index contributed by atoms with van der Waals surface area (Å²) in [5.41, 5.74) is 1.66. The summed E-state index contributed by atoms with van der Waals surface area (Å²) in [6.07, 6.45) is 7.95. The van der Waals surface area contributed by atoms with Crippen molar-refractivity contribution in [1.29, 1.82) is 0 Å². The first kappa shape index (κ1) is 22.6. The molecule has 31 heavy (non-hydrogen) atoms. The van der Waals surface area contributed by atoms with Crippen molar-refractivity contribution in [3.63, 3.8) is 0 Å². The van der Waals surface area contributed by atoms with Crippen LogP contribution in [0.25, 0.3) is 0 Å². The summed E-state index contributed by atoms with van der Waals surface area (Å²) in [5, 5.41) is 3.17. The topological polar surface area (TPSA) is 75.7 Å². The molecule has 1 N–H and O–H groups in total. The third-order valence-electron chi connectivity index (χ3n) is 7.54. The normalized spacial score (nSPS) is 26.0. The zero-order valence-corrected chi connectivity index (χ0v) is 19.5. The van der Waals surface area contributed by atoms with Gasteiger partial charge >= 0.3 is 0 Å². The highest BCUT2D eigenvalue weighted by molar-refractivity contribution is 7.91. The third kappa shape index (κ3) is 5.61. The van der Waals surface area contributed by atoms with Crippen LogP contribution >= 0.6 is 0 Å². The highest BCUT2D eigenvalue weighted by Gasteiger charge is 2.38. The Morgan fingerprint density at radius 1 is 1.13 bits per heavy atom. The van der Waals surface area contributed by atoms with E-state index in [0.29, 0.717) is 12.8 Å². The maximum atomic E-state index is 12.4. The number of nitrogens with one attached hydrogen (secondary N) is 1. The summed E-state index contributed by atoms with van der Waals surface area (Å²) in [4.78, 5) is 15.0. The monoisotopic (exact) mass is 448 g/mol. The minimum atomic E-state index is -2.92. The highest BCUT2D eigenvalue weighted by atomic mass is 32.2. The third-order valence-corrected chi connectivity index (χ3v) is 9.38. The van der Waals surface area contributed by atoms with E-state index in [1.54, 1.807) is 7.11 Å². The number of likely N-dealkylation sites (tertiary alicyclic amines) is 1. The van der Waals surface area contributed by atoms with E-state index < -0.39 is 9.84 Å². The average Bonchev–Trinajstić information content (AvgIpc) is 3.36. The van der Waals surface area contributed by atoms with Gasteiger partial charge in [0.15, 0.2) is 9.84 Å². The van der Waals surface area contributed by atoms with E-state index >= 15 is 0 Å². The molecule has 0 bridgehead atoms. The van der Waals surface area contributed by atoms with Crippen molar-refractivity contribution >= 4 is 15.7 Å². The molecule has 2 aliphatic heterocycles. The molecule has 1 aromatic carbocycles. The second kappa shape index (κ2) is 9.49. The fourth-order valence-corrected chi connectivity index (χ4v) is 7.64. The lowest BCUT2D eigenvalue weighted by molar-refractivity contribution is -0.122. The minimum absolute atomic E-state index is 0.00295. The van der Waals surface area contributed by atoms with Gasteiger partial charge in [-0.2, -0.15) is 0 Å². The van der Waals surface area contributed by atoms with Crippen molar-refractivity contribution in [2.45, 2.75) is 62.8 Å². The fourth-order valence-electron chi connectivity index (χ4n) is 5.78. The zero-order valence-electron chi connectivity index (χ0n) is 18.6. The van der Waals surface area contributed by atoms with Crippen molar-refractivity contribution in [2.75, 3.05) is 38.2 Å². The number of amides is 1. The van der Waals surface area contributed by atoms with E-state index in [1.807, 2.05) is 0 Å². The van der Waals surface area contributed by atoms with E-state index in [-0.39, 0.29) is 34.8 Å². The molecular formula is C24H36N2O4S. The second-order valence-corrected chi connectivity index (χ2v) is 12.0. The van der Waals surface area contributed by atoms with Crippen LogP contribution in [0.3, 0.4) is 0 Å². The number of carbonyl (C=O) groups is 1. The Morgan fingerprint density at radius 3 is 2.39 bits per heavy atom. The standard InChI is InChI=1S/C24H36N2O4S/c1-30-22-6-4-20(5-7-22)24(11-2-3-12-24)18-26-13-8-21(9-14-26)25-23(27)16-19-10-15-31(28,29)17-19/h4-7,19,21H,2-3,8-18H2,1H3,(H,25,27)/t19-/m0/s1. The van der Waals surface area contributed by atoms with Crippen LogP contribution in [-0.4, -0.2) is 63.5 Å². The lowest BCUT2D eigenvalue weighted by atomic mass is 9.78. The van der Waals surface area contributed by atoms with Crippen LogP contribution in [0.15, 0.2) is 24.3 Å². The minimum Gasteiger partial charge on any atom is -0.497 e. The second-order valence-electron chi connectivity index (χ2n) is 9.81. The summed E-state index contributed by atoms with van der Waals surface area (Å²) in [6.45, 7) is 3.08. The quantitative estimate of drug-likeness (QED) is 0.694. The number of carbonyl (C=O) groups excluding carboxylic acids is 1. The number of nitrogens with zero attached hydrogens (tertiary/aromatic N) is 1. The number of ether oxygens (including phenoxy) is 1. The van der Waals surface area contributed by atoms with Crippen LogP contribution in [0.1, 0.15) is 56.9 Å². The lowest BCUT2D eigenvalue weighted by Gasteiger charge is -2.39. The summed E-state index contributed by atoms with van der Waals surface area (Å²) in [6, 6.07) is 8.84. The van der Waals surface area contributed by atoms with E-state index in [2.05, 4.69) is 34.5 Å². The number of hydrogen-bond donors (Lipinski definition) is 1. The summed E-state index contributed by atoms with van der Waals surface area (Å²) in [7, 11) is -1.21. The smallest absolute Gasteiger partial charge is 0.220 e. The van der Waals surface area contributed by atoms with Gasteiger partial charge in [0.2, 0.25) is 5.91 Å². The van der Waals surface area contributed by atoms with Crippen molar-refractivity contribution in [1.82, 2.24) is 10.2 Å². The molecule has 0 spiro atoms. The molecule has 1 aliphatic carbocycles. The van der Waals surface area contributed by atoms with Crippen LogP contribution in [0.2, 0.25) is 0 Å². The van der Waals surface area contributed by atoms with E-state index in [1.165, 1.54) is 31.2 Å². The van der Waals surface area contributed by atoms with Gasteiger partial charge in [-0.25, -0.2) is 8.42 Å². The molecule has 3 fully saturated rings. The maximum absolute atomic E-state index is 12.4. The summed E-state index contributed by atoms with van der Waals surface area (Å²) >= 11 is 0. The van der Waals surface area contributed by atoms with Gasteiger partial charge in [0.1, 0.15) is 5.75 Å². The summed E-state index contributed by atoms with van der Waals surface area (Å²) in [5.74, 6) is 1.33. The molecular weight excluding hydrogens is 412 g/mol. The van der Waals surface area contributed by atoms with Crippen molar-refractivity contribution in [3.8, 4) is 5.75 Å². The van der Waals surface area contributed by atoms with Crippen LogP contribution < -0.4 is 10.1 Å². The molecule has 0 unspecified atom stereocenters. The summed E-state index contributed by atoms with van der Waals surface area (Å²) < 4.78 is 28.6. The van der Waals surface area contributed by atoms with Crippen LogP contribution in [0.5, 0.6) is 5.75 Å². The number of methoxy groups -OCH3 is 1. The van der Waals surface area contributed by atoms with Crippen molar-refractivity contribution in [3.05, 3.63) is 29.8 Å². The molecule has 0 radical (unpaired) electrons. The van der Waals surface area contributed by atoms with Crippen LogP contribution in [0, 0.1) is 5.92 Å².